The smallest absolute Gasteiger partial charge is 0.134 e. The van der Waals surface area contributed by atoms with Gasteiger partial charge in [-0.3, -0.25) is 0 Å². The first-order valence-electron chi connectivity index (χ1n) is 9.01. The maximum atomic E-state index is 4.49. The minimum atomic E-state index is 0.975. The number of unbranched alkanes of at least 4 members (excludes halogenated alkanes) is 7. The molecule has 0 radical (unpaired) electrons. The maximum Gasteiger partial charge on any atom is 0.134 e. The number of nitrogens with zero attached hydrogens (tertiary/aromatic N) is 3. The van der Waals surface area contributed by atoms with Crippen LogP contribution in [0.4, 0.5) is 11.6 Å². The van der Waals surface area contributed by atoms with Crippen LogP contribution in [-0.4, -0.2) is 16.5 Å². The van der Waals surface area contributed by atoms with Gasteiger partial charge in [-0.15, -0.1) is 0 Å². The second-order valence-electron chi connectivity index (χ2n) is 6.00. The van der Waals surface area contributed by atoms with Crippen molar-refractivity contribution in [2.24, 2.45) is 0 Å². The molecule has 0 aliphatic heterocycles. The largest absolute Gasteiger partial charge is 0.311 e. The van der Waals surface area contributed by atoms with E-state index in [1.54, 1.807) is 0 Å². The van der Waals surface area contributed by atoms with Gasteiger partial charge in [0.25, 0.3) is 0 Å². The van der Waals surface area contributed by atoms with Crippen molar-refractivity contribution >= 4 is 11.6 Å². The van der Waals surface area contributed by atoms with Crippen LogP contribution in [0, 0.1) is 0 Å². The highest BCUT2D eigenvalue weighted by Crippen LogP contribution is 2.21. The van der Waals surface area contributed by atoms with Gasteiger partial charge in [0.1, 0.15) is 11.6 Å². The highest BCUT2D eigenvalue weighted by Gasteiger charge is 2.10. The van der Waals surface area contributed by atoms with E-state index in [0.29, 0.717) is 0 Å². The highest BCUT2D eigenvalue weighted by atomic mass is 15.2. The molecule has 0 N–H and O–H groups in total. The summed E-state index contributed by atoms with van der Waals surface area (Å²) in [4.78, 5) is 11.2. The molecule has 2 aromatic heterocycles. The molecule has 0 saturated carbocycles. The molecule has 2 heterocycles. The first kappa shape index (κ1) is 17.5. The van der Waals surface area contributed by atoms with Gasteiger partial charge >= 0.3 is 0 Å². The van der Waals surface area contributed by atoms with Gasteiger partial charge in [0.2, 0.25) is 0 Å². The van der Waals surface area contributed by atoms with Gasteiger partial charge in [0.15, 0.2) is 0 Å². The molecular formula is C20H29N3. The van der Waals surface area contributed by atoms with Crippen molar-refractivity contribution in [3.63, 3.8) is 0 Å². The molecule has 0 fully saturated rings. The van der Waals surface area contributed by atoms with Crippen LogP contribution in [0.3, 0.4) is 0 Å². The number of aromatic nitrogens is 2. The van der Waals surface area contributed by atoms with Crippen molar-refractivity contribution < 1.29 is 0 Å². The van der Waals surface area contributed by atoms with E-state index in [-0.39, 0.29) is 0 Å². The Hall–Kier alpha value is -1.90. The van der Waals surface area contributed by atoms with E-state index in [2.05, 4.69) is 33.9 Å². The lowest BCUT2D eigenvalue weighted by Crippen LogP contribution is -2.20. The fourth-order valence-electron chi connectivity index (χ4n) is 2.78. The molecule has 0 saturated heterocycles. The predicted octanol–water partition coefficient (Wildman–Crippen LogP) is 5.76. The average molecular weight is 311 g/mol. The molecule has 0 bridgehead atoms. The number of pyridine rings is 2. The van der Waals surface area contributed by atoms with Crippen LogP contribution < -0.4 is 4.90 Å². The number of hydrogen-bond acceptors (Lipinski definition) is 3. The zero-order valence-electron chi connectivity index (χ0n) is 14.3. The molecule has 2 rings (SSSR count). The van der Waals surface area contributed by atoms with Crippen LogP contribution >= 0.6 is 0 Å². The summed E-state index contributed by atoms with van der Waals surface area (Å²) in [5.41, 5.74) is 0. The van der Waals surface area contributed by atoms with Crippen LogP contribution in [0.2, 0.25) is 0 Å². The molecule has 0 aliphatic carbocycles. The lowest BCUT2D eigenvalue weighted by molar-refractivity contribution is 0.576. The van der Waals surface area contributed by atoms with Gasteiger partial charge in [-0.25, -0.2) is 9.97 Å². The summed E-state index contributed by atoms with van der Waals surface area (Å²) < 4.78 is 0. The fourth-order valence-corrected chi connectivity index (χ4v) is 2.78. The second-order valence-corrected chi connectivity index (χ2v) is 6.00. The van der Waals surface area contributed by atoms with E-state index in [1.807, 2.05) is 36.7 Å². The minimum Gasteiger partial charge on any atom is -0.311 e. The first-order valence-corrected chi connectivity index (χ1v) is 9.01. The van der Waals surface area contributed by atoms with Crippen molar-refractivity contribution in [2.75, 3.05) is 11.4 Å². The van der Waals surface area contributed by atoms with E-state index in [1.165, 1.54) is 51.4 Å². The Bertz CT molecular complexity index is 473. The Kier molecular flexibility index (Phi) is 8.17. The highest BCUT2D eigenvalue weighted by molar-refractivity contribution is 5.55. The molecule has 0 aliphatic rings. The topological polar surface area (TPSA) is 29.0 Å². The van der Waals surface area contributed by atoms with Gasteiger partial charge < -0.3 is 4.90 Å². The summed E-state index contributed by atoms with van der Waals surface area (Å²) in [6.45, 7) is 3.24. The lowest BCUT2D eigenvalue weighted by atomic mass is 10.1. The van der Waals surface area contributed by atoms with E-state index >= 15 is 0 Å². The Morgan fingerprint density at radius 2 is 1.22 bits per heavy atom. The third kappa shape index (κ3) is 6.39. The van der Waals surface area contributed by atoms with Crippen LogP contribution in [0.15, 0.2) is 48.8 Å². The maximum absolute atomic E-state index is 4.49. The molecular weight excluding hydrogens is 282 g/mol. The van der Waals surface area contributed by atoms with Gasteiger partial charge in [-0.05, 0) is 30.7 Å². The van der Waals surface area contributed by atoms with E-state index < -0.39 is 0 Å². The number of rotatable bonds is 11. The van der Waals surface area contributed by atoms with E-state index in [0.717, 1.165) is 18.2 Å². The summed E-state index contributed by atoms with van der Waals surface area (Å²) in [5, 5.41) is 0. The molecule has 0 unspecified atom stereocenters. The monoisotopic (exact) mass is 311 g/mol. The quantitative estimate of drug-likeness (QED) is 0.494. The van der Waals surface area contributed by atoms with Crippen molar-refractivity contribution in [3.8, 4) is 0 Å². The van der Waals surface area contributed by atoms with Crippen LogP contribution in [0.5, 0.6) is 0 Å². The summed E-state index contributed by atoms with van der Waals surface area (Å²) in [5.74, 6) is 1.96. The van der Waals surface area contributed by atoms with Crippen LogP contribution in [0.1, 0.15) is 58.3 Å². The minimum absolute atomic E-state index is 0.975. The van der Waals surface area contributed by atoms with Crippen molar-refractivity contribution in [1.82, 2.24) is 9.97 Å². The Balaban J connectivity index is 1.80. The molecule has 3 nitrogen and oxygen atoms in total. The zero-order valence-corrected chi connectivity index (χ0v) is 14.3. The van der Waals surface area contributed by atoms with Crippen LogP contribution in [-0.2, 0) is 0 Å². The molecule has 124 valence electrons. The lowest BCUT2D eigenvalue weighted by Gasteiger charge is -2.22. The molecule has 3 heteroatoms. The van der Waals surface area contributed by atoms with Crippen molar-refractivity contribution in [3.05, 3.63) is 48.8 Å². The molecule has 0 amide bonds. The molecule has 23 heavy (non-hydrogen) atoms. The fraction of sp³-hybridized carbons (Fsp3) is 0.500. The Morgan fingerprint density at radius 1 is 0.696 bits per heavy atom. The Labute approximate surface area is 140 Å². The van der Waals surface area contributed by atoms with E-state index in [9.17, 15) is 0 Å². The van der Waals surface area contributed by atoms with E-state index in [4.69, 9.17) is 0 Å². The standard InChI is InChI=1S/C20H29N3/c1-2-3-4-5-6-7-8-13-18-23(19-14-9-11-16-21-19)20-15-10-12-17-22-20/h9-12,14-17H,2-8,13,18H2,1H3. The van der Waals surface area contributed by atoms with Crippen molar-refractivity contribution in [1.29, 1.82) is 0 Å². The molecule has 2 aromatic rings. The Morgan fingerprint density at radius 3 is 1.70 bits per heavy atom. The number of hydrogen-bond donors (Lipinski definition) is 0. The van der Waals surface area contributed by atoms with Crippen LogP contribution in [0.25, 0.3) is 0 Å². The van der Waals surface area contributed by atoms with Gasteiger partial charge in [-0.1, -0.05) is 64.0 Å². The summed E-state index contributed by atoms with van der Waals surface area (Å²) >= 11 is 0. The third-order valence-electron chi connectivity index (χ3n) is 4.09. The second kappa shape index (κ2) is 10.8. The van der Waals surface area contributed by atoms with Gasteiger partial charge in [-0.2, -0.15) is 0 Å². The average Bonchev–Trinajstić information content (AvgIpc) is 2.62. The molecule has 0 spiro atoms. The molecule has 0 atom stereocenters. The van der Waals surface area contributed by atoms with Gasteiger partial charge in [0.05, 0.1) is 0 Å². The molecule has 0 aromatic carbocycles. The predicted molar refractivity (Wildman–Crippen MR) is 98.1 cm³/mol. The number of anilines is 2. The normalized spacial score (nSPS) is 10.7. The summed E-state index contributed by atoms with van der Waals surface area (Å²) in [6, 6.07) is 12.1. The zero-order chi connectivity index (χ0) is 16.2. The summed E-state index contributed by atoms with van der Waals surface area (Å²) in [6.07, 6.45) is 14.3. The summed E-state index contributed by atoms with van der Waals surface area (Å²) in [7, 11) is 0. The first-order chi connectivity index (χ1) is 11.4. The van der Waals surface area contributed by atoms with Gasteiger partial charge in [0, 0.05) is 18.9 Å². The third-order valence-corrected chi connectivity index (χ3v) is 4.09. The SMILES string of the molecule is CCCCCCCCCCN(c1ccccn1)c1ccccn1. The van der Waals surface area contributed by atoms with Crippen molar-refractivity contribution in [2.45, 2.75) is 58.3 Å².